The number of aryl methyl sites for hydroxylation is 1. The van der Waals surface area contributed by atoms with Crippen LogP contribution in [-0.4, -0.2) is 16.2 Å². The van der Waals surface area contributed by atoms with Gasteiger partial charge in [-0.15, -0.1) is 0 Å². The summed E-state index contributed by atoms with van der Waals surface area (Å²) >= 11 is 5.63. The molecule has 2 N–H and O–H groups in total. The van der Waals surface area contributed by atoms with Gasteiger partial charge in [0.25, 0.3) is 0 Å². The fourth-order valence-corrected chi connectivity index (χ4v) is 1.16. The van der Waals surface area contributed by atoms with Gasteiger partial charge in [0.15, 0.2) is 0 Å². The Labute approximate surface area is 80.6 Å². The van der Waals surface area contributed by atoms with Gasteiger partial charge in [-0.2, -0.15) is 0 Å². The Kier molecular flexibility index (Phi) is 3.14. The van der Waals surface area contributed by atoms with Crippen LogP contribution in [0.25, 0.3) is 0 Å². The van der Waals surface area contributed by atoms with Gasteiger partial charge in [-0.1, -0.05) is 17.7 Å². The van der Waals surface area contributed by atoms with Gasteiger partial charge in [0.05, 0.1) is 5.02 Å². The Balaban J connectivity index is 2.68. The van der Waals surface area contributed by atoms with Crippen LogP contribution in [0.3, 0.4) is 0 Å². The number of benzene rings is 1. The van der Waals surface area contributed by atoms with Gasteiger partial charge in [-0.25, -0.2) is 0 Å². The first kappa shape index (κ1) is 9.86. The number of carbonyl (C=O) groups is 1. The fraction of sp³-hybridized carbons (Fsp3) is 0.222. The van der Waals surface area contributed by atoms with Gasteiger partial charge in [0, 0.05) is 6.42 Å². The van der Waals surface area contributed by atoms with Gasteiger partial charge in [-0.05, 0) is 24.1 Å². The van der Waals surface area contributed by atoms with E-state index in [2.05, 4.69) is 0 Å². The number of halogens is 1. The molecule has 0 spiro atoms. The van der Waals surface area contributed by atoms with Crippen LogP contribution in [-0.2, 0) is 11.2 Å². The van der Waals surface area contributed by atoms with Crippen LogP contribution in [0.1, 0.15) is 12.0 Å². The fourth-order valence-electron chi connectivity index (χ4n) is 0.957. The monoisotopic (exact) mass is 200 g/mol. The van der Waals surface area contributed by atoms with Crippen LogP contribution in [0.5, 0.6) is 5.75 Å². The van der Waals surface area contributed by atoms with Gasteiger partial charge in [-0.3, -0.25) is 4.79 Å². The molecule has 1 aromatic carbocycles. The van der Waals surface area contributed by atoms with Crippen molar-refractivity contribution in [1.29, 1.82) is 0 Å². The SMILES string of the molecule is O=C(O)CCc1ccc(O)c(Cl)c1. The molecule has 1 rings (SSSR count). The number of hydrogen-bond donors (Lipinski definition) is 2. The molecular weight excluding hydrogens is 192 g/mol. The molecule has 0 saturated carbocycles. The molecule has 0 fully saturated rings. The van der Waals surface area contributed by atoms with E-state index >= 15 is 0 Å². The topological polar surface area (TPSA) is 57.5 Å². The van der Waals surface area contributed by atoms with Crippen molar-refractivity contribution in [3.63, 3.8) is 0 Å². The first-order valence-corrected chi connectivity index (χ1v) is 4.16. The summed E-state index contributed by atoms with van der Waals surface area (Å²) in [7, 11) is 0. The molecule has 0 heterocycles. The van der Waals surface area contributed by atoms with Crippen molar-refractivity contribution in [2.45, 2.75) is 12.8 Å². The van der Waals surface area contributed by atoms with Crippen molar-refractivity contribution in [1.82, 2.24) is 0 Å². The molecule has 0 unspecified atom stereocenters. The molecule has 0 bridgehead atoms. The molecular formula is C9H9ClO3. The standard InChI is InChI=1S/C9H9ClO3/c10-7-5-6(1-3-8(7)11)2-4-9(12)13/h1,3,5,11H,2,4H2,(H,12,13). The number of phenolic OH excluding ortho intramolecular Hbond substituents is 1. The molecule has 0 atom stereocenters. The maximum atomic E-state index is 10.2. The first-order chi connectivity index (χ1) is 6.09. The zero-order valence-electron chi connectivity index (χ0n) is 6.83. The van der Waals surface area contributed by atoms with E-state index in [0.29, 0.717) is 6.42 Å². The summed E-state index contributed by atoms with van der Waals surface area (Å²) in [5.41, 5.74) is 0.810. The van der Waals surface area contributed by atoms with E-state index in [0.717, 1.165) is 5.56 Å². The predicted molar refractivity (Wildman–Crippen MR) is 49.1 cm³/mol. The number of aliphatic carboxylic acids is 1. The van der Waals surface area contributed by atoms with Gasteiger partial charge >= 0.3 is 5.97 Å². The maximum Gasteiger partial charge on any atom is 0.303 e. The molecule has 0 aliphatic rings. The molecule has 0 aliphatic heterocycles. The highest BCUT2D eigenvalue weighted by atomic mass is 35.5. The van der Waals surface area contributed by atoms with Crippen molar-refractivity contribution >= 4 is 17.6 Å². The molecule has 13 heavy (non-hydrogen) atoms. The molecule has 0 aliphatic carbocycles. The minimum absolute atomic E-state index is 0.0146. The van der Waals surface area contributed by atoms with Crippen molar-refractivity contribution in [3.8, 4) is 5.75 Å². The molecule has 1 aromatic rings. The highest BCUT2D eigenvalue weighted by Gasteiger charge is 2.02. The Morgan fingerprint density at radius 2 is 2.15 bits per heavy atom. The van der Waals surface area contributed by atoms with E-state index in [4.69, 9.17) is 21.8 Å². The number of hydrogen-bond acceptors (Lipinski definition) is 2. The van der Waals surface area contributed by atoms with E-state index in [1.165, 1.54) is 6.07 Å². The lowest BCUT2D eigenvalue weighted by Gasteiger charge is -2.00. The highest BCUT2D eigenvalue weighted by molar-refractivity contribution is 6.32. The average Bonchev–Trinajstić information content (AvgIpc) is 2.07. The highest BCUT2D eigenvalue weighted by Crippen LogP contribution is 2.23. The largest absolute Gasteiger partial charge is 0.506 e. The Bertz CT molecular complexity index is 323. The lowest BCUT2D eigenvalue weighted by Crippen LogP contribution is -1.97. The molecule has 70 valence electrons. The lowest BCUT2D eigenvalue weighted by molar-refractivity contribution is -0.136. The van der Waals surface area contributed by atoms with E-state index < -0.39 is 5.97 Å². The van der Waals surface area contributed by atoms with Crippen LogP contribution in [0.15, 0.2) is 18.2 Å². The minimum Gasteiger partial charge on any atom is -0.506 e. The van der Waals surface area contributed by atoms with E-state index in [1.807, 2.05) is 0 Å². The third-order valence-electron chi connectivity index (χ3n) is 1.64. The van der Waals surface area contributed by atoms with Crippen molar-refractivity contribution in [2.75, 3.05) is 0 Å². The summed E-state index contributed by atoms with van der Waals surface area (Å²) in [4.78, 5) is 10.2. The molecule has 0 saturated heterocycles. The summed E-state index contributed by atoms with van der Waals surface area (Å²) in [5.74, 6) is -0.829. The molecule has 0 radical (unpaired) electrons. The maximum absolute atomic E-state index is 10.2. The van der Waals surface area contributed by atoms with Gasteiger partial charge in [0.1, 0.15) is 5.75 Å². The van der Waals surface area contributed by atoms with Crippen LogP contribution in [0.2, 0.25) is 5.02 Å². The summed E-state index contributed by atoms with van der Waals surface area (Å²) in [5, 5.41) is 17.7. The van der Waals surface area contributed by atoms with Crippen molar-refractivity contribution in [3.05, 3.63) is 28.8 Å². The van der Waals surface area contributed by atoms with Gasteiger partial charge < -0.3 is 10.2 Å². The van der Waals surface area contributed by atoms with Crippen molar-refractivity contribution in [2.24, 2.45) is 0 Å². The molecule has 0 amide bonds. The Hall–Kier alpha value is -1.22. The van der Waals surface area contributed by atoms with Gasteiger partial charge in [0.2, 0.25) is 0 Å². The third kappa shape index (κ3) is 2.95. The summed E-state index contributed by atoms with van der Waals surface area (Å²) in [6.45, 7) is 0. The second-order valence-electron chi connectivity index (χ2n) is 2.68. The predicted octanol–water partition coefficient (Wildman–Crippen LogP) is 2.06. The summed E-state index contributed by atoms with van der Waals surface area (Å²) in [6.07, 6.45) is 0.496. The van der Waals surface area contributed by atoms with Crippen molar-refractivity contribution < 1.29 is 15.0 Å². The Morgan fingerprint density at radius 3 is 2.69 bits per heavy atom. The third-order valence-corrected chi connectivity index (χ3v) is 1.94. The minimum atomic E-state index is -0.843. The van der Waals surface area contributed by atoms with E-state index in [9.17, 15) is 4.79 Å². The summed E-state index contributed by atoms with van der Waals surface area (Å²) in [6, 6.07) is 4.68. The number of rotatable bonds is 3. The number of carboxylic acid groups (broad SMARTS) is 1. The quantitative estimate of drug-likeness (QED) is 0.785. The number of aromatic hydroxyl groups is 1. The molecule has 3 nitrogen and oxygen atoms in total. The average molecular weight is 201 g/mol. The Morgan fingerprint density at radius 1 is 1.46 bits per heavy atom. The molecule has 0 aromatic heterocycles. The lowest BCUT2D eigenvalue weighted by atomic mass is 10.1. The van der Waals surface area contributed by atoms with Crippen LogP contribution in [0.4, 0.5) is 0 Å². The zero-order chi connectivity index (χ0) is 9.84. The smallest absolute Gasteiger partial charge is 0.303 e. The number of carboxylic acids is 1. The second kappa shape index (κ2) is 4.14. The molecule has 4 heteroatoms. The van der Waals surface area contributed by atoms with Crippen LogP contribution >= 0.6 is 11.6 Å². The summed E-state index contributed by atoms with van der Waals surface area (Å²) < 4.78 is 0. The first-order valence-electron chi connectivity index (χ1n) is 3.79. The van der Waals surface area contributed by atoms with E-state index in [1.54, 1.807) is 12.1 Å². The van der Waals surface area contributed by atoms with E-state index in [-0.39, 0.29) is 17.2 Å². The normalized spacial score (nSPS) is 9.92. The van der Waals surface area contributed by atoms with Crippen LogP contribution in [0, 0.1) is 0 Å². The second-order valence-corrected chi connectivity index (χ2v) is 3.09. The zero-order valence-corrected chi connectivity index (χ0v) is 7.58. The van der Waals surface area contributed by atoms with Crippen LogP contribution < -0.4 is 0 Å². The number of phenols is 1.